The van der Waals surface area contributed by atoms with Crippen LogP contribution in [-0.2, 0) is 21.1 Å². The van der Waals surface area contributed by atoms with Crippen LogP contribution in [0.5, 0.6) is 0 Å². The summed E-state index contributed by atoms with van der Waals surface area (Å²) in [6, 6.07) is 14.9. The Balaban J connectivity index is 0.000000572. The molecule has 0 bridgehead atoms. The van der Waals surface area contributed by atoms with E-state index in [0.29, 0.717) is 10.8 Å². The molecule has 0 aliphatic carbocycles. The van der Waals surface area contributed by atoms with Crippen molar-refractivity contribution in [3.63, 3.8) is 0 Å². The number of aromatic nitrogens is 1. The first kappa shape index (κ1) is 29.1. The van der Waals surface area contributed by atoms with Crippen molar-refractivity contribution in [3.8, 4) is 22.6 Å². The number of carboxylic acids is 1. The maximum atomic E-state index is 11.6. The van der Waals surface area contributed by atoms with Gasteiger partial charge in [-0.3, -0.25) is 0 Å². The standard InChI is InChI=1S/C23H28N2O3S.C2HF3O2/c1-5-25(6-2)16-15-22-17(3)28-23(24-22)20-9-7-18(8-10-20)19-11-13-21(14-12-19)29(4,26)27;3-2(4,5)1(6)7/h7-14H,5-6,15-16H2,1-4H3;(H,6,7). The number of aliphatic carboxylic acids is 1. The van der Waals surface area contributed by atoms with Gasteiger partial charge in [0.1, 0.15) is 5.76 Å². The molecule has 7 nitrogen and oxygen atoms in total. The second-order valence-electron chi connectivity index (χ2n) is 7.98. The average Bonchev–Trinajstić information content (AvgIpc) is 3.19. The van der Waals surface area contributed by atoms with Crippen molar-refractivity contribution in [2.24, 2.45) is 0 Å². The number of halogens is 3. The van der Waals surface area contributed by atoms with Crippen LogP contribution in [0.1, 0.15) is 25.3 Å². The van der Waals surface area contributed by atoms with Gasteiger partial charge in [-0.25, -0.2) is 18.2 Å². The van der Waals surface area contributed by atoms with Crippen LogP contribution in [0.15, 0.2) is 57.8 Å². The van der Waals surface area contributed by atoms with E-state index in [0.717, 1.165) is 54.2 Å². The van der Waals surface area contributed by atoms with Crippen LogP contribution in [0.25, 0.3) is 22.6 Å². The van der Waals surface area contributed by atoms with E-state index < -0.39 is 22.0 Å². The lowest BCUT2D eigenvalue weighted by Crippen LogP contribution is -2.25. The lowest BCUT2D eigenvalue weighted by Gasteiger charge is -2.16. The van der Waals surface area contributed by atoms with Crippen LogP contribution in [0, 0.1) is 6.92 Å². The molecule has 0 saturated carbocycles. The third-order valence-corrected chi connectivity index (χ3v) is 6.57. The Morgan fingerprint density at radius 1 is 0.972 bits per heavy atom. The summed E-state index contributed by atoms with van der Waals surface area (Å²) >= 11 is 0. The number of aryl methyl sites for hydroxylation is 1. The summed E-state index contributed by atoms with van der Waals surface area (Å²) in [5.41, 5.74) is 3.91. The first-order valence-electron chi connectivity index (χ1n) is 11.2. The normalized spacial score (nSPS) is 11.8. The third-order valence-electron chi connectivity index (χ3n) is 5.44. The van der Waals surface area contributed by atoms with Crippen molar-refractivity contribution in [1.82, 2.24) is 9.88 Å². The number of rotatable bonds is 8. The Bertz CT molecular complexity index is 1250. The Kier molecular flexibility index (Phi) is 9.83. The van der Waals surface area contributed by atoms with Crippen molar-refractivity contribution in [3.05, 3.63) is 60.0 Å². The van der Waals surface area contributed by atoms with Gasteiger partial charge in [0.05, 0.1) is 10.6 Å². The van der Waals surface area contributed by atoms with Gasteiger partial charge in [-0.2, -0.15) is 13.2 Å². The second-order valence-corrected chi connectivity index (χ2v) is 9.99. The lowest BCUT2D eigenvalue weighted by atomic mass is 10.0. The zero-order valence-electron chi connectivity index (χ0n) is 20.5. The van der Waals surface area contributed by atoms with E-state index in [9.17, 15) is 21.6 Å². The van der Waals surface area contributed by atoms with E-state index >= 15 is 0 Å². The molecule has 1 aromatic heterocycles. The fourth-order valence-electron chi connectivity index (χ4n) is 3.29. The van der Waals surface area contributed by atoms with Gasteiger partial charge in [-0.05, 0) is 55.4 Å². The number of oxazole rings is 1. The number of hydrogen-bond donors (Lipinski definition) is 1. The number of nitrogens with zero attached hydrogens (tertiary/aromatic N) is 2. The van der Waals surface area contributed by atoms with Crippen LogP contribution >= 0.6 is 0 Å². The molecule has 196 valence electrons. The van der Waals surface area contributed by atoms with Gasteiger partial charge in [-0.1, -0.05) is 38.1 Å². The molecule has 1 N–H and O–H groups in total. The number of likely N-dealkylation sites (N-methyl/N-ethyl adjacent to an activating group) is 1. The number of hydrogen-bond acceptors (Lipinski definition) is 6. The van der Waals surface area contributed by atoms with Gasteiger partial charge >= 0.3 is 12.1 Å². The molecule has 0 aliphatic heterocycles. The van der Waals surface area contributed by atoms with Gasteiger partial charge in [0.15, 0.2) is 9.84 Å². The summed E-state index contributed by atoms with van der Waals surface area (Å²) in [5, 5.41) is 7.12. The highest BCUT2D eigenvalue weighted by Crippen LogP contribution is 2.27. The fourth-order valence-corrected chi connectivity index (χ4v) is 3.92. The minimum atomic E-state index is -5.08. The van der Waals surface area contributed by atoms with Gasteiger partial charge in [0.2, 0.25) is 5.89 Å². The van der Waals surface area contributed by atoms with E-state index in [1.807, 2.05) is 43.3 Å². The zero-order valence-corrected chi connectivity index (χ0v) is 21.3. The predicted octanol–water partition coefficient (Wildman–Crippen LogP) is 5.24. The molecule has 0 amide bonds. The monoisotopic (exact) mass is 526 g/mol. The summed E-state index contributed by atoms with van der Waals surface area (Å²) in [6.07, 6.45) is -2.99. The smallest absolute Gasteiger partial charge is 0.475 e. The summed E-state index contributed by atoms with van der Waals surface area (Å²) < 4.78 is 60.9. The van der Waals surface area contributed by atoms with Crippen LogP contribution < -0.4 is 0 Å². The molecule has 3 aromatic rings. The van der Waals surface area contributed by atoms with E-state index in [1.165, 1.54) is 6.26 Å². The first-order valence-corrected chi connectivity index (χ1v) is 13.0. The highest BCUT2D eigenvalue weighted by molar-refractivity contribution is 7.90. The van der Waals surface area contributed by atoms with Crippen LogP contribution in [0.4, 0.5) is 13.2 Å². The number of carbonyl (C=O) groups is 1. The Morgan fingerprint density at radius 3 is 1.83 bits per heavy atom. The third kappa shape index (κ3) is 8.20. The number of benzene rings is 2. The van der Waals surface area contributed by atoms with Crippen molar-refractivity contribution >= 4 is 15.8 Å². The average molecular weight is 527 g/mol. The van der Waals surface area contributed by atoms with Crippen LogP contribution in [0.3, 0.4) is 0 Å². The lowest BCUT2D eigenvalue weighted by molar-refractivity contribution is -0.192. The Labute approximate surface area is 208 Å². The summed E-state index contributed by atoms with van der Waals surface area (Å²) in [7, 11) is -3.18. The molecular weight excluding hydrogens is 497 g/mol. The second kappa shape index (κ2) is 12.2. The molecule has 3 rings (SSSR count). The maximum Gasteiger partial charge on any atom is 0.490 e. The highest BCUT2D eigenvalue weighted by Gasteiger charge is 2.38. The molecular formula is C25H29F3N2O5S. The predicted molar refractivity (Wildman–Crippen MR) is 130 cm³/mol. The molecule has 0 spiro atoms. The van der Waals surface area contributed by atoms with Gasteiger partial charge < -0.3 is 14.4 Å². The van der Waals surface area contributed by atoms with E-state index in [4.69, 9.17) is 19.3 Å². The van der Waals surface area contributed by atoms with Crippen molar-refractivity contribution in [2.45, 2.75) is 38.3 Å². The quantitative estimate of drug-likeness (QED) is 0.429. The molecule has 2 aromatic carbocycles. The van der Waals surface area contributed by atoms with E-state index in [1.54, 1.807) is 12.1 Å². The van der Waals surface area contributed by atoms with Gasteiger partial charge in [0.25, 0.3) is 0 Å². The molecule has 0 radical (unpaired) electrons. The van der Waals surface area contributed by atoms with E-state index in [2.05, 4.69) is 18.7 Å². The topological polar surface area (TPSA) is 101 Å². The molecule has 0 saturated heterocycles. The fraction of sp³-hybridized carbons (Fsp3) is 0.360. The Hall–Kier alpha value is -3.18. The van der Waals surface area contributed by atoms with Crippen molar-refractivity contribution < 1.29 is 35.9 Å². The molecule has 0 unspecified atom stereocenters. The minimum Gasteiger partial charge on any atom is -0.475 e. The van der Waals surface area contributed by atoms with Crippen LogP contribution in [0.2, 0.25) is 0 Å². The largest absolute Gasteiger partial charge is 0.490 e. The minimum absolute atomic E-state index is 0.324. The molecule has 0 fully saturated rings. The number of carboxylic acid groups (broad SMARTS) is 1. The first-order chi connectivity index (χ1) is 16.8. The zero-order chi connectivity index (χ0) is 27.1. The van der Waals surface area contributed by atoms with Crippen molar-refractivity contribution in [1.29, 1.82) is 0 Å². The summed E-state index contributed by atoms with van der Waals surface area (Å²) in [5.74, 6) is -1.25. The van der Waals surface area contributed by atoms with Crippen molar-refractivity contribution in [2.75, 3.05) is 25.9 Å². The molecule has 1 heterocycles. The summed E-state index contributed by atoms with van der Waals surface area (Å²) in [6.45, 7) is 9.34. The van der Waals surface area contributed by atoms with Gasteiger partial charge in [0, 0.05) is 24.8 Å². The van der Waals surface area contributed by atoms with Crippen LogP contribution in [-0.4, -0.2) is 61.4 Å². The van der Waals surface area contributed by atoms with E-state index in [-0.39, 0.29) is 0 Å². The molecule has 11 heteroatoms. The maximum absolute atomic E-state index is 11.6. The molecule has 0 aliphatic rings. The number of sulfone groups is 1. The Morgan fingerprint density at radius 2 is 1.42 bits per heavy atom. The van der Waals surface area contributed by atoms with Gasteiger partial charge in [-0.15, -0.1) is 0 Å². The molecule has 36 heavy (non-hydrogen) atoms. The SMILES string of the molecule is CCN(CC)CCc1nc(-c2ccc(-c3ccc(S(C)(=O)=O)cc3)cc2)oc1C.O=C(O)C(F)(F)F. The molecule has 0 atom stereocenters. The summed E-state index contributed by atoms with van der Waals surface area (Å²) in [4.78, 5) is 16.3. The highest BCUT2D eigenvalue weighted by atomic mass is 32.2. The number of alkyl halides is 3.